The monoisotopic (exact) mass is 379 g/mol. The lowest BCUT2D eigenvalue weighted by molar-refractivity contribution is -0.135. The van der Waals surface area contributed by atoms with E-state index >= 15 is 0 Å². The van der Waals surface area contributed by atoms with Crippen LogP contribution in [0.2, 0.25) is 0 Å². The normalized spacial score (nSPS) is 17.9. The minimum atomic E-state index is -0.207. The van der Waals surface area contributed by atoms with E-state index in [1.165, 1.54) is 12.1 Å². The van der Waals surface area contributed by atoms with E-state index in [4.69, 9.17) is 5.73 Å². The number of amides is 1. The molecule has 1 amide bonds. The standard InChI is InChI=1S/C17H26FN3O.2ClH/c1-13(14(2)19)17(22)21-9-3-8-20(10-11-21)12-15-4-6-16(18)7-5-15;;/h4-7,13-14H,3,8-12,19H2,1-2H3;2*1H. The molecule has 0 aromatic heterocycles. The van der Waals surface area contributed by atoms with E-state index in [2.05, 4.69) is 4.90 Å². The number of carbonyl (C=O) groups is 1. The lowest BCUT2D eigenvalue weighted by Gasteiger charge is -2.26. The van der Waals surface area contributed by atoms with Gasteiger partial charge in [-0.3, -0.25) is 9.69 Å². The smallest absolute Gasteiger partial charge is 0.226 e. The SMILES string of the molecule is CC(N)C(C)C(=O)N1CCCN(Cc2ccc(F)cc2)CC1.Cl.Cl. The minimum absolute atomic E-state index is 0. The molecule has 0 saturated carbocycles. The Labute approximate surface area is 156 Å². The number of hydrogen-bond donors (Lipinski definition) is 1. The molecule has 138 valence electrons. The van der Waals surface area contributed by atoms with Crippen LogP contribution in [-0.2, 0) is 11.3 Å². The summed E-state index contributed by atoms with van der Waals surface area (Å²) >= 11 is 0. The highest BCUT2D eigenvalue weighted by Crippen LogP contribution is 2.13. The van der Waals surface area contributed by atoms with E-state index in [0.717, 1.165) is 44.7 Å². The molecule has 2 unspecified atom stereocenters. The average Bonchev–Trinajstić information content (AvgIpc) is 2.73. The molecular weight excluding hydrogens is 352 g/mol. The molecule has 2 rings (SSSR count). The summed E-state index contributed by atoms with van der Waals surface area (Å²) in [5, 5.41) is 0. The molecule has 0 spiro atoms. The summed E-state index contributed by atoms with van der Waals surface area (Å²) in [5.41, 5.74) is 6.94. The summed E-state index contributed by atoms with van der Waals surface area (Å²) in [4.78, 5) is 16.6. The zero-order chi connectivity index (χ0) is 16.1. The Morgan fingerprint density at radius 3 is 2.33 bits per heavy atom. The zero-order valence-corrected chi connectivity index (χ0v) is 15.9. The van der Waals surface area contributed by atoms with Gasteiger partial charge in [0, 0.05) is 38.8 Å². The summed E-state index contributed by atoms with van der Waals surface area (Å²) in [6, 6.07) is 6.51. The minimum Gasteiger partial charge on any atom is -0.341 e. The Kier molecular flexibility index (Phi) is 10.5. The molecule has 2 atom stereocenters. The van der Waals surface area contributed by atoms with Gasteiger partial charge in [-0.1, -0.05) is 19.1 Å². The molecular formula is C17H28Cl2FN3O. The zero-order valence-electron chi connectivity index (χ0n) is 14.3. The Morgan fingerprint density at radius 2 is 1.75 bits per heavy atom. The Balaban J connectivity index is 0.00000264. The fourth-order valence-corrected chi connectivity index (χ4v) is 2.71. The molecule has 1 fully saturated rings. The topological polar surface area (TPSA) is 49.6 Å². The van der Waals surface area contributed by atoms with Crippen LogP contribution in [0.25, 0.3) is 0 Å². The first-order valence-electron chi connectivity index (χ1n) is 7.98. The van der Waals surface area contributed by atoms with Crippen LogP contribution in [0, 0.1) is 11.7 Å². The van der Waals surface area contributed by atoms with Crippen LogP contribution in [0.1, 0.15) is 25.8 Å². The van der Waals surface area contributed by atoms with Crippen LogP contribution in [-0.4, -0.2) is 47.9 Å². The third-order valence-electron chi connectivity index (χ3n) is 4.40. The summed E-state index contributed by atoms with van der Waals surface area (Å²) in [5.74, 6) is -0.191. The van der Waals surface area contributed by atoms with Gasteiger partial charge in [0.15, 0.2) is 0 Å². The van der Waals surface area contributed by atoms with Crippen molar-refractivity contribution in [3.8, 4) is 0 Å². The van der Waals surface area contributed by atoms with Crippen LogP contribution in [0.5, 0.6) is 0 Å². The van der Waals surface area contributed by atoms with Gasteiger partial charge in [0.1, 0.15) is 5.82 Å². The highest BCUT2D eigenvalue weighted by atomic mass is 35.5. The van der Waals surface area contributed by atoms with E-state index in [9.17, 15) is 9.18 Å². The molecule has 0 aliphatic carbocycles. The first kappa shape index (κ1) is 23.1. The van der Waals surface area contributed by atoms with Crippen LogP contribution in [0.4, 0.5) is 4.39 Å². The van der Waals surface area contributed by atoms with Crippen molar-refractivity contribution in [2.24, 2.45) is 11.7 Å². The molecule has 1 aromatic rings. The number of nitrogens with two attached hydrogens (primary N) is 1. The Morgan fingerprint density at radius 1 is 1.12 bits per heavy atom. The van der Waals surface area contributed by atoms with Crippen LogP contribution in [0.15, 0.2) is 24.3 Å². The maximum Gasteiger partial charge on any atom is 0.226 e. The van der Waals surface area contributed by atoms with Crippen molar-refractivity contribution in [1.29, 1.82) is 0 Å². The highest BCUT2D eigenvalue weighted by Gasteiger charge is 2.25. The van der Waals surface area contributed by atoms with E-state index < -0.39 is 0 Å². The van der Waals surface area contributed by atoms with E-state index in [1.807, 2.05) is 30.9 Å². The maximum absolute atomic E-state index is 12.9. The predicted octanol–water partition coefficient (Wildman–Crippen LogP) is 2.69. The largest absolute Gasteiger partial charge is 0.341 e. The second kappa shape index (κ2) is 10.9. The molecule has 0 bridgehead atoms. The van der Waals surface area contributed by atoms with Gasteiger partial charge in [-0.25, -0.2) is 4.39 Å². The fraction of sp³-hybridized carbons (Fsp3) is 0.588. The van der Waals surface area contributed by atoms with Crippen molar-refractivity contribution in [3.63, 3.8) is 0 Å². The molecule has 1 aliphatic heterocycles. The lowest BCUT2D eigenvalue weighted by atomic mass is 10.0. The second-order valence-corrected chi connectivity index (χ2v) is 6.23. The lowest BCUT2D eigenvalue weighted by Crippen LogP contribution is -2.43. The number of rotatable bonds is 4. The van der Waals surface area contributed by atoms with Gasteiger partial charge >= 0.3 is 0 Å². The summed E-state index contributed by atoms with van der Waals surface area (Å²) in [7, 11) is 0. The van der Waals surface area contributed by atoms with Crippen molar-refractivity contribution < 1.29 is 9.18 Å². The van der Waals surface area contributed by atoms with Crippen molar-refractivity contribution in [1.82, 2.24) is 9.80 Å². The fourth-order valence-electron chi connectivity index (χ4n) is 2.71. The second-order valence-electron chi connectivity index (χ2n) is 6.23. The van der Waals surface area contributed by atoms with Gasteiger partial charge < -0.3 is 10.6 Å². The third kappa shape index (κ3) is 6.55. The molecule has 1 aromatic carbocycles. The van der Waals surface area contributed by atoms with E-state index in [-0.39, 0.29) is 48.5 Å². The quantitative estimate of drug-likeness (QED) is 0.874. The van der Waals surface area contributed by atoms with Crippen molar-refractivity contribution in [2.75, 3.05) is 26.2 Å². The third-order valence-corrected chi connectivity index (χ3v) is 4.40. The first-order chi connectivity index (χ1) is 10.5. The van der Waals surface area contributed by atoms with Crippen molar-refractivity contribution in [2.45, 2.75) is 32.9 Å². The van der Waals surface area contributed by atoms with E-state index in [1.54, 1.807) is 0 Å². The molecule has 24 heavy (non-hydrogen) atoms. The molecule has 4 nitrogen and oxygen atoms in total. The van der Waals surface area contributed by atoms with Crippen LogP contribution < -0.4 is 5.73 Å². The predicted molar refractivity (Wildman–Crippen MR) is 100 cm³/mol. The summed E-state index contributed by atoms with van der Waals surface area (Å²) in [6.07, 6.45) is 0.957. The van der Waals surface area contributed by atoms with Gasteiger partial charge in [0.25, 0.3) is 0 Å². The summed E-state index contributed by atoms with van der Waals surface area (Å²) < 4.78 is 12.9. The maximum atomic E-state index is 12.9. The van der Waals surface area contributed by atoms with Gasteiger partial charge in [-0.2, -0.15) is 0 Å². The Hall–Kier alpha value is -0.880. The molecule has 1 saturated heterocycles. The van der Waals surface area contributed by atoms with Crippen LogP contribution >= 0.6 is 24.8 Å². The molecule has 0 radical (unpaired) electrons. The molecule has 2 N–H and O–H groups in total. The van der Waals surface area contributed by atoms with Crippen molar-refractivity contribution in [3.05, 3.63) is 35.6 Å². The number of halogens is 3. The number of hydrogen-bond acceptors (Lipinski definition) is 3. The van der Waals surface area contributed by atoms with Crippen molar-refractivity contribution >= 4 is 30.7 Å². The van der Waals surface area contributed by atoms with Gasteiger partial charge in [0.2, 0.25) is 5.91 Å². The van der Waals surface area contributed by atoms with Crippen LogP contribution in [0.3, 0.4) is 0 Å². The van der Waals surface area contributed by atoms with Gasteiger partial charge in [-0.15, -0.1) is 24.8 Å². The molecule has 7 heteroatoms. The number of nitrogens with zero attached hydrogens (tertiary/aromatic N) is 2. The van der Waals surface area contributed by atoms with E-state index in [0.29, 0.717) is 0 Å². The number of benzene rings is 1. The molecule has 1 heterocycles. The average molecular weight is 380 g/mol. The Bertz CT molecular complexity index is 499. The van der Waals surface area contributed by atoms with Gasteiger partial charge in [-0.05, 0) is 31.0 Å². The molecule has 1 aliphatic rings. The highest BCUT2D eigenvalue weighted by molar-refractivity contribution is 5.85. The number of carbonyl (C=O) groups excluding carboxylic acids is 1. The summed E-state index contributed by atoms with van der Waals surface area (Å²) in [6.45, 7) is 7.88. The first-order valence-corrected chi connectivity index (χ1v) is 7.98. The van der Waals surface area contributed by atoms with Gasteiger partial charge in [0.05, 0.1) is 5.92 Å².